The summed E-state index contributed by atoms with van der Waals surface area (Å²) in [5.41, 5.74) is 0. The lowest BCUT2D eigenvalue weighted by Crippen LogP contribution is -2.42. The molecule has 86 valence electrons. The third kappa shape index (κ3) is 7.34. The molecule has 0 saturated carbocycles. The fourth-order valence-corrected chi connectivity index (χ4v) is 2.05. The van der Waals surface area contributed by atoms with Crippen molar-refractivity contribution in [1.82, 2.24) is 4.90 Å². The Hall–Kier alpha value is -0.0731. The minimum Gasteiger partial charge on any atom is -0.402 e. The Balaban J connectivity index is 4.32. The van der Waals surface area contributed by atoms with Gasteiger partial charge in [0.25, 0.3) is 0 Å². The van der Waals surface area contributed by atoms with Crippen molar-refractivity contribution in [1.29, 1.82) is 0 Å². The summed E-state index contributed by atoms with van der Waals surface area (Å²) in [6.07, 6.45) is -5.94. The lowest BCUT2D eigenvalue weighted by molar-refractivity contribution is -0.166. The fourth-order valence-electron chi connectivity index (χ4n) is 0.936. The molecule has 0 rings (SSSR count). The lowest BCUT2D eigenvalue weighted by Gasteiger charge is -2.31. The number of alkyl halides is 3. The Bertz CT molecular complexity index is 160. The van der Waals surface area contributed by atoms with Crippen LogP contribution in [0.5, 0.6) is 0 Å². The van der Waals surface area contributed by atoms with Crippen molar-refractivity contribution in [3.05, 3.63) is 0 Å². The highest BCUT2D eigenvalue weighted by Gasteiger charge is 2.35. The molecule has 14 heavy (non-hydrogen) atoms. The smallest absolute Gasteiger partial charge is 0.392 e. The van der Waals surface area contributed by atoms with E-state index in [4.69, 9.17) is 4.43 Å². The summed E-state index contributed by atoms with van der Waals surface area (Å²) in [6.45, 7) is 5.62. The van der Waals surface area contributed by atoms with E-state index in [0.717, 1.165) is 0 Å². The van der Waals surface area contributed by atoms with E-state index >= 15 is 0 Å². The molecule has 0 heterocycles. The van der Waals surface area contributed by atoms with Gasteiger partial charge in [0, 0.05) is 0 Å². The van der Waals surface area contributed by atoms with Gasteiger partial charge in [0.05, 0.1) is 6.42 Å². The molecule has 1 atom stereocenters. The average Bonchev–Trinajstić information content (AvgIpc) is 1.78. The van der Waals surface area contributed by atoms with Crippen LogP contribution in [-0.4, -0.2) is 39.7 Å². The summed E-state index contributed by atoms with van der Waals surface area (Å²) in [4.78, 5) is 1.46. The third-order valence-electron chi connectivity index (χ3n) is 1.47. The maximum atomic E-state index is 12.2. The monoisotopic (exact) mass is 229 g/mol. The normalized spacial score (nSPS) is 16.1. The molecule has 0 bridgehead atoms. The SMILES string of the molecule is CN(C)C(CC(F)(F)F)O[Si](C)(C)C. The second-order valence-corrected chi connectivity index (χ2v) is 8.93. The predicted octanol–water partition coefficient (Wildman–Crippen LogP) is 2.68. The molecule has 0 amide bonds. The van der Waals surface area contributed by atoms with Gasteiger partial charge in [-0.05, 0) is 33.7 Å². The molecule has 0 aromatic rings. The van der Waals surface area contributed by atoms with Gasteiger partial charge in [0.1, 0.15) is 6.23 Å². The van der Waals surface area contributed by atoms with Crippen molar-refractivity contribution in [2.24, 2.45) is 0 Å². The van der Waals surface area contributed by atoms with E-state index in [0.29, 0.717) is 0 Å². The van der Waals surface area contributed by atoms with Crippen LogP contribution < -0.4 is 0 Å². The number of nitrogens with zero attached hydrogens (tertiary/aromatic N) is 1. The molecule has 0 aliphatic rings. The van der Waals surface area contributed by atoms with Crippen LogP contribution in [-0.2, 0) is 4.43 Å². The topological polar surface area (TPSA) is 12.5 Å². The van der Waals surface area contributed by atoms with E-state index in [2.05, 4.69) is 0 Å². The zero-order chi connectivity index (χ0) is 11.6. The van der Waals surface area contributed by atoms with E-state index in [9.17, 15) is 13.2 Å². The van der Waals surface area contributed by atoms with Crippen LogP contribution in [0.3, 0.4) is 0 Å². The van der Waals surface area contributed by atoms with Crippen LogP contribution >= 0.6 is 0 Å². The van der Waals surface area contributed by atoms with Gasteiger partial charge < -0.3 is 4.43 Å². The summed E-state index contributed by atoms with van der Waals surface area (Å²) in [7, 11) is 1.26. The van der Waals surface area contributed by atoms with Crippen molar-refractivity contribution < 1.29 is 17.6 Å². The number of hydrogen-bond acceptors (Lipinski definition) is 2. The van der Waals surface area contributed by atoms with E-state index < -0.39 is 27.1 Å². The maximum Gasteiger partial charge on any atom is 0.392 e. The van der Waals surface area contributed by atoms with Gasteiger partial charge in [-0.2, -0.15) is 13.2 Å². The van der Waals surface area contributed by atoms with E-state index in [1.165, 1.54) is 4.90 Å². The zero-order valence-corrected chi connectivity index (χ0v) is 10.3. The molecule has 0 saturated heterocycles. The Morgan fingerprint density at radius 2 is 1.64 bits per heavy atom. The van der Waals surface area contributed by atoms with E-state index in [1.54, 1.807) is 14.1 Å². The first kappa shape index (κ1) is 13.9. The second-order valence-electron chi connectivity index (χ2n) is 4.47. The van der Waals surface area contributed by atoms with Crippen molar-refractivity contribution in [2.75, 3.05) is 14.1 Å². The van der Waals surface area contributed by atoms with Gasteiger partial charge in [0.2, 0.25) is 0 Å². The largest absolute Gasteiger partial charge is 0.402 e. The highest BCUT2D eigenvalue weighted by Crippen LogP contribution is 2.25. The van der Waals surface area contributed by atoms with Gasteiger partial charge in [-0.3, -0.25) is 4.90 Å². The minimum absolute atomic E-state index is 0.860. The Morgan fingerprint density at radius 3 is 1.86 bits per heavy atom. The number of halogens is 3. The molecule has 0 fully saturated rings. The van der Waals surface area contributed by atoms with Gasteiger partial charge >= 0.3 is 6.18 Å². The van der Waals surface area contributed by atoms with Crippen molar-refractivity contribution in [3.8, 4) is 0 Å². The number of rotatable bonds is 4. The highest BCUT2D eigenvalue weighted by atomic mass is 28.4. The predicted molar refractivity (Wildman–Crippen MR) is 52.6 cm³/mol. The van der Waals surface area contributed by atoms with Crippen LogP contribution in [0.25, 0.3) is 0 Å². The first-order chi connectivity index (χ1) is 6.01. The zero-order valence-electron chi connectivity index (χ0n) is 9.27. The minimum atomic E-state index is -4.17. The van der Waals surface area contributed by atoms with Crippen LogP contribution in [0.1, 0.15) is 6.42 Å². The number of hydrogen-bond donors (Lipinski definition) is 0. The van der Waals surface area contributed by atoms with Crippen LogP contribution in [0, 0.1) is 0 Å². The molecule has 1 unspecified atom stereocenters. The van der Waals surface area contributed by atoms with Gasteiger partial charge in [0.15, 0.2) is 8.32 Å². The Kier molecular flexibility index (Phi) is 4.61. The van der Waals surface area contributed by atoms with Gasteiger partial charge in [-0.15, -0.1) is 0 Å². The standard InChI is InChI=1S/C8H18F3NOSi/c1-12(2)7(6-8(9,10)11)13-14(3,4)5/h7H,6H2,1-5H3. The molecule has 0 spiro atoms. The van der Waals surface area contributed by atoms with Crippen LogP contribution in [0.2, 0.25) is 19.6 Å². The summed E-state index contributed by atoms with van der Waals surface area (Å²) in [5, 5.41) is 0. The molecule has 0 aliphatic carbocycles. The molecule has 0 aromatic heterocycles. The summed E-state index contributed by atoms with van der Waals surface area (Å²) >= 11 is 0. The van der Waals surface area contributed by atoms with E-state index in [1.807, 2.05) is 19.6 Å². The van der Waals surface area contributed by atoms with Gasteiger partial charge in [-0.1, -0.05) is 0 Å². The molecule has 0 radical (unpaired) electrons. The maximum absolute atomic E-state index is 12.2. The van der Waals surface area contributed by atoms with Gasteiger partial charge in [-0.25, -0.2) is 0 Å². The Labute approximate surface area is 84.2 Å². The second kappa shape index (κ2) is 4.63. The summed E-state index contributed by atoms with van der Waals surface area (Å²) in [6, 6.07) is 0. The first-order valence-corrected chi connectivity index (χ1v) is 7.83. The molecular formula is C8H18F3NOSi. The average molecular weight is 229 g/mol. The summed E-state index contributed by atoms with van der Waals surface area (Å²) < 4.78 is 41.9. The van der Waals surface area contributed by atoms with E-state index in [-0.39, 0.29) is 0 Å². The molecular weight excluding hydrogens is 211 g/mol. The molecule has 0 aliphatic heterocycles. The van der Waals surface area contributed by atoms with Crippen molar-refractivity contribution >= 4 is 8.32 Å². The van der Waals surface area contributed by atoms with Crippen molar-refractivity contribution in [3.63, 3.8) is 0 Å². The molecule has 0 N–H and O–H groups in total. The summed E-state index contributed by atoms with van der Waals surface area (Å²) in [5.74, 6) is 0. The fraction of sp³-hybridized carbons (Fsp3) is 1.00. The molecule has 0 aromatic carbocycles. The first-order valence-electron chi connectivity index (χ1n) is 4.42. The lowest BCUT2D eigenvalue weighted by atomic mass is 10.3. The highest BCUT2D eigenvalue weighted by molar-refractivity contribution is 6.69. The van der Waals surface area contributed by atoms with Crippen LogP contribution in [0.15, 0.2) is 0 Å². The molecule has 2 nitrogen and oxygen atoms in total. The van der Waals surface area contributed by atoms with Crippen molar-refractivity contribution in [2.45, 2.75) is 38.5 Å². The Morgan fingerprint density at radius 1 is 1.21 bits per heavy atom. The quantitative estimate of drug-likeness (QED) is 0.543. The van der Waals surface area contributed by atoms with Crippen LogP contribution in [0.4, 0.5) is 13.2 Å². The molecule has 6 heteroatoms. The third-order valence-corrected chi connectivity index (χ3v) is 2.45.